The van der Waals surface area contributed by atoms with Crippen LogP contribution in [0.15, 0.2) is 54.9 Å². The number of anilines is 1. The van der Waals surface area contributed by atoms with E-state index in [1.807, 2.05) is 26.0 Å². The van der Waals surface area contributed by atoms with Crippen molar-refractivity contribution in [2.75, 3.05) is 38.2 Å². The molecule has 3 aromatic rings. The number of fused-ring (bicyclic) bond motifs is 2. The average molecular weight is 513 g/mol. The highest BCUT2D eigenvalue weighted by Crippen LogP contribution is 2.36. The Kier molecular flexibility index (Phi) is 8.45. The molecular formula is C26H29ClN4O5. The van der Waals surface area contributed by atoms with Gasteiger partial charge in [0.25, 0.3) is 0 Å². The van der Waals surface area contributed by atoms with Gasteiger partial charge in [-0.25, -0.2) is 4.98 Å². The smallest absolute Gasteiger partial charge is 0.244 e. The van der Waals surface area contributed by atoms with Gasteiger partial charge >= 0.3 is 0 Å². The van der Waals surface area contributed by atoms with Crippen molar-refractivity contribution in [3.8, 4) is 17.2 Å². The lowest BCUT2D eigenvalue weighted by Gasteiger charge is -2.23. The van der Waals surface area contributed by atoms with E-state index < -0.39 is 0 Å². The molecule has 36 heavy (non-hydrogen) atoms. The van der Waals surface area contributed by atoms with Crippen LogP contribution >= 0.6 is 11.6 Å². The topological polar surface area (TPSA) is 94.9 Å². The fourth-order valence-corrected chi connectivity index (χ4v) is 3.98. The quantitative estimate of drug-likeness (QED) is 0.561. The van der Waals surface area contributed by atoms with Crippen LogP contribution in [0, 0.1) is 0 Å². The second-order valence-corrected chi connectivity index (χ2v) is 9.02. The number of para-hydroxylation sites is 2. The van der Waals surface area contributed by atoms with Gasteiger partial charge in [-0.2, -0.15) is 0 Å². The Bertz CT molecular complexity index is 1210. The molecule has 0 unspecified atom stereocenters. The van der Waals surface area contributed by atoms with E-state index in [2.05, 4.69) is 10.3 Å². The summed E-state index contributed by atoms with van der Waals surface area (Å²) >= 11 is 6.20. The largest absolute Gasteiger partial charge is 0.487 e. The van der Waals surface area contributed by atoms with E-state index in [-0.39, 0.29) is 44.0 Å². The van der Waals surface area contributed by atoms with Crippen molar-refractivity contribution in [3.63, 3.8) is 0 Å². The number of aromatic nitrogens is 2. The number of nitrogens with zero attached hydrogens (tertiary/aromatic N) is 3. The van der Waals surface area contributed by atoms with E-state index in [0.29, 0.717) is 41.2 Å². The van der Waals surface area contributed by atoms with Crippen molar-refractivity contribution in [2.45, 2.75) is 26.3 Å². The highest BCUT2D eigenvalue weighted by molar-refractivity contribution is 6.31. The van der Waals surface area contributed by atoms with Crippen molar-refractivity contribution in [2.24, 2.45) is 0 Å². The molecule has 10 heteroatoms. The Morgan fingerprint density at radius 3 is 2.72 bits per heavy atom. The van der Waals surface area contributed by atoms with Gasteiger partial charge in [0.2, 0.25) is 11.8 Å². The highest BCUT2D eigenvalue weighted by atomic mass is 35.5. The fraction of sp³-hybridized carbons (Fsp3) is 0.346. The fourth-order valence-electron chi connectivity index (χ4n) is 3.80. The van der Waals surface area contributed by atoms with Gasteiger partial charge in [-0.05, 0) is 30.3 Å². The lowest BCUT2D eigenvalue weighted by atomic mass is 10.2. The zero-order valence-electron chi connectivity index (χ0n) is 20.3. The Balaban J connectivity index is 1.56. The predicted molar refractivity (Wildman–Crippen MR) is 136 cm³/mol. The molecule has 0 radical (unpaired) electrons. The number of ether oxygens (including phenoxy) is 3. The summed E-state index contributed by atoms with van der Waals surface area (Å²) in [6, 6.07) is 12.2. The number of rotatable bonds is 3. The van der Waals surface area contributed by atoms with Crippen LogP contribution in [0.3, 0.4) is 0 Å². The first-order valence-corrected chi connectivity index (χ1v) is 12.1. The highest BCUT2D eigenvalue weighted by Gasteiger charge is 2.21. The molecule has 1 aromatic heterocycles. The van der Waals surface area contributed by atoms with Gasteiger partial charge in [0, 0.05) is 29.9 Å². The van der Waals surface area contributed by atoms with Gasteiger partial charge in [0.05, 0.1) is 18.9 Å². The molecule has 2 amide bonds. The summed E-state index contributed by atoms with van der Waals surface area (Å²) in [5.74, 6) is 1.79. The number of imidazole rings is 1. The van der Waals surface area contributed by atoms with Crippen molar-refractivity contribution >= 4 is 29.1 Å². The molecule has 4 rings (SSSR count). The normalized spacial score (nSPS) is 15.0. The van der Waals surface area contributed by atoms with E-state index in [1.54, 1.807) is 47.3 Å². The number of amides is 2. The summed E-state index contributed by atoms with van der Waals surface area (Å²) in [7, 11) is 0. The summed E-state index contributed by atoms with van der Waals surface area (Å²) in [5.41, 5.74) is 0.387. The Morgan fingerprint density at radius 1 is 1.11 bits per heavy atom. The van der Waals surface area contributed by atoms with Gasteiger partial charge in [0.1, 0.15) is 25.5 Å². The van der Waals surface area contributed by atoms with Crippen LogP contribution in [0.1, 0.15) is 25.6 Å². The van der Waals surface area contributed by atoms with Gasteiger partial charge in [0.15, 0.2) is 17.2 Å². The molecule has 1 aliphatic rings. The van der Waals surface area contributed by atoms with Crippen molar-refractivity contribution < 1.29 is 23.8 Å². The average Bonchev–Trinajstić information content (AvgIpc) is 3.31. The molecule has 2 heterocycles. The van der Waals surface area contributed by atoms with Crippen LogP contribution in [-0.4, -0.2) is 59.2 Å². The summed E-state index contributed by atoms with van der Waals surface area (Å²) in [6.07, 6.45) is 3.44. The minimum absolute atomic E-state index is 0.0741. The first-order valence-electron chi connectivity index (χ1n) is 11.8. The number of nitrogens with one attached hydrogen (secondary N) is 1. The molecule has 0 saturated heterocycles. The summed E-state index contributed by atoms with van der Waals surface area (Å²) in [5, 5.41) is 3.27. The molecule has 1 N–H and O–H groups in total. The molecule has 9 nitrogen and oxygen atoms in total. The number of halogens is 1. The Hall–Kier alpha value is -3.56. The SMILES string of the molecule is CC(C)c1nccn1CC(=O)N1CCOCCOc2ccccc2Oc2ccc(Cl)cc2NC(=O)C1. The molecule has 190 valence electrons. The second kappa shape index (κ2) is 11.9. The minimum atomic E-state index is -0.385. The van der Waals surface area contributed by atoms with E-state index in [4.69, 9.17) is 25.8 Å². The summed E-state index contributed by atoms with van der Waals surface area (Å²) in [4.78, 5) is 32.1. The van der Waals surface area contributed by atoms with Crippen LogP contribution in [0.4, 0.5) is 5.69 Å². The van der Waals surface area contributed by atoms with Gasteiger partial charge in [-0.3, -0.25) is 9.59 Å². The molecule has 1 aliphatic heterocycles. The van der Waals surface area contributed by atoms with Gasteiger partial charge in [-0.1, -0.05) is 37.6 Å². The van der Waals surface area contributed by atoms with Crippen molar-refractivity contribution in [1.29, 1.82) is 0 Å². The van der Waals surface area contributed by atoms with Gasteiger partial charge in [-0.15, -0.1) is 0 Å². The van der Waals surface area contributed by atoms with E-state index >= 15 is 0 Å². The maximum atomic E-state index is 13.2. The third kappa shape index (κ3) is 6.56. The number of benzene rings is 2. The number of carbonyl (C=O) groups excluding carboxylic acids is 2. The maximum Gasteiger partial charge on any atom is 0.244 e. The predicted octanol–water partition coefficient (Wildman–Crippen LogP) is 4.33. The van der Waals surface area contributed by atoms with Gasteiger partial charge < -0.3 is 29.0 Å². The number of hydrogen-bond acceptors (Lipinski definition) is 6. The third-order valence-corrected chi connectivity index (χ3v) is 5.77. The summed E-state index contributed by atoms with van der Waals surface area (Å²) < 4.78 is 19.4. The lowest BCUT2D eigenvalue weighted by molar-refractivity contribution is -0.136. The molecule has 0 fully saturated rings. The van der Waals surface area contributed by atoms with Crippen LogP contribution in [0.25, 0.3) is 0 Å². The van der Waals surface area contributed by atoms with Crippen molar-refractivity contribution in [3.05, 3.63) is 65.7 Å². The van der Waals surface area contributed by atoms with Crippen LogP contribution in [0.2, 0.25) is 5.02 Å². The summed E-state index contributed by atoms with van der Waals surface area (Å²) in [6.45, 7) is 5.05. The van der Waals surface area contributed by atoms with Crippen molar-refractivity contribution in [1.82, 2.24) is 14.5 Å². The number of carbonyl (C=O) groups is 2. The van der Waals surface area contributed by atoms with E-state index in [9.17, 15) is 9.59 Å². The third-order valence-electron chi connectivity index (χ3n) is 5.53. The molecule has 0 bridgehead atoms. The monoisotopic (exact) mass is 512 g/mol. The Labute approximate surface area is 214 Å². The van der Waals surface area contributed by atoms with Crippen LogP contribution in [0.5, 0.6) is 17.2 Å². The molecule has 0 saturated carbocycles. The van der Waals surface area contributed by atoms with Crippen LogP contribution < -0.4 is 14.8 Å². The molecule has 0 aliphatic carbocycles. The molecule has 0 spiro atoms. The van der Waals surface area contributed by atoms with E-state index in [0.717, 1.165) is 5.82 Å². The van der Waals surface area contributed by atoms with Crippen LogP contribution in [-0.2, 0) is 20.9 Å². The molecule has 0 atom stereocenters. The second-order valence-electron chi connectivity index (χ2n) is 8.58. The van der Waals surface area contributed by atoms with E-state index in [1.165, 1.54) is 4.90 Å². The standard InChI is InChI=1S/C26H29ClN4O5/c1-18(2)26-28-9-10-31(26)17-25(33)30-11-12-34-13-14-35-22-5-3-4-6-23(22)36-21-8-7-19(27)15-20(21)29-24(32)16-30/h3-10,15,18H,11-14,16-17H2,1-2H3,(H,29,32). The lowest BCUT2D eigenvalue weighted by Crippen LogP contribution is -2.42. The minimum Gasteiger partial charge on any atom is -0.487 e. The molecular weight excluding hydrogens is 484 g/mol. The Morgan fingerprint density at radius 2 is 1.92 bits per heavy atom. The maximum absolute atomic E-state index is 13.2. The first-order chi connectivity index (χ1) is 17.4. The first kappa shape index (κ1) is 25.5. The molecule has 2 aromatic carbocycles. The zero-order chi connectivity index (χ0) is 25.5. The number of hydrogen-bond donors (Lipinski definition) is 1. The zero-order valence-corrected chi connectivity index (χ0v) is 21.0.